The normalized spacial score (nSPS) is 16.8. The molecule has 2 nitrogen and oxygen atoms in total. The highest BCUT2D eigenvalue weighted by atomic mass is 32.2. The Morgan fingerprint density at radius 3 is 2.95 bits per heavy atom. The summed E-state index contributed by atoms with van der Waals surface area (Å²) in [6.07, 6.45) is 0. The number of nitrogens with one attached hydrogen (secondary N) is 1. The molecule has 1 aliphatic rings. The fourth-order valence-corrected chi connectivity index (χ4v) is 3.97. The number of rotatable bonds is 5. The molecule has 0 saturated carbocycles. The molecule has 0 fully saturated rings. The first-order chi connectivity index (χ1) is 10.3. The molecule has 0 bridgehead atoms. The van der Waals surface area contributed by atoms with Gasteiger partial charge in [-0.25, -0.2) is 0 Å². The fraction of sp³-hybridized carbons (Fsp3) is 0.333. The van der Waals surface area contributed by atoms with Gasteiger partial charge < -0.3 is 10.1 Å². The molecule has 2 aromatic carbocycles. The number of thioether (sulfide) groups is 1. The van der Waals surface area contributed by atoms with E-state index in [1.165, 1.54) is 21.6 Å². The summed E-state index contributed by atoms with van der Waals surface area (Å²) in [6.45, 7) is 3.71. The lowest BCUT2D eigenvalue weighted by Crippen LogP contribution is -2.12. The predicted octanol–water partition coefficient (Wildman–Crippen LogP) is 3.98. The van der Waals surface area contributed by atoms with Crippen LogP contribution in [0, 0.1) is 6.92 Å². The SMILES string of the molecule is CNCc1cc(C)ccc1OCC1CSc2ccccc21. The van der Waals surface area contributed by atoms with Crippen molar-refractivity contribution in [3.05, 3.63) is 59.2 Å². The van der Waals surface area contributed by atoms with Gasteiger partial charge in [0.2, 0.25) is 0 Å². The van der Waals surface area contributed by atoms with E-state index in [4.69, 9.17) is 4.74 Å². The van der Waals surface area contributed by atoms with Crippen molar-refractivity contribution in [1.82, 2.24) is 5.32 Å². The van der Waals surface area contributed by atoms with Gasteiger partial charge in [0, 0.05) is 28.7 Å². The van der Waals surface area contributed by atoms with Crippen LogP contribution >= 0.6 is 11.8 Å². The van der Waals surface area contributed by atoms with E-state index in [0.717, 1.165) is 24.7 Å². The van der Waals surface area contributed by atoms with Crippen LogP contribution in [-0.4, -0.2) is 19.4 Å². The minimum Gasteiger partial charge on any atom is -0.493 e. The van der Waals surface area contributed by atoms with Crippen LogP contribution in [0.15, 0.2) is 47.4 Å². The lowest BCUT2D eigenvalue weighted by molar-refractivity contribution is 0.294. The standard InChI is InChI=1S/C18H21NOS/c1-13-7-8-17(14(9-13)10-19-2)20-11-15-12-21-18-6-4-3-5-16(15)18/h3-9,15,19H,10-12H2,1-2H3. The minimum atomic E-state index is 0.495. The molecule has 3 rings (SSSR count). The summed E-state index contributed by atoms with van der Waals surface area (Å²) < 4.78 is 6.13. The summed E-state index contributed by atoms with van der Waals surface area (Å²) in [5.74, 6) is 2.62. The summed E-state index contributed by atoms with van der Waals surface area (Å²) in [5.41, 5.74) is 3.94. The Morgan fingerprint density at radius 1 is 1.24 bits per heavy atom. The highest BCUT2D eigenvalue weighted by molar-refractivity contribution is 7.99. The first kappa shape index (κ1) is 14.5. The zero-order valence-corrected chi connectivity index (χ0v) is 13.4. The van der Waals surface area contributed by atoms with Gasteiger partial charge in [-0.3, -0.25) is 0 Å². The smallest absolute Gasteiger partial charge is 0.123 e. The summed E-state index contributed by atoms with van der Waals surface area (Å²) in [5, 5.41) is 3.21. The quantitative estimate of drug-likeness (QED) is 0.902. The molecule has 110 valence electrons. The molecule has 0 radical (unpaired) electrons. The monoisotopic (exact) mass is 299 g/mol. The Bertz CT molecular complexity index is 626. The average Bonchev–Trinajstić information content (AvgIpc) is 2.90. The fourth-order valence-electron chi connectivity index (χ4n) is 2.74. The van der Waals surface area contributed by atoms with E-state index in [1.54, 1.807) is 0 Å². The molecule has 0 amide bonds. The first-order valence-electron chi connectivity index (χ1n) is 7.36. The minimum absolute atomic E-state index is 0.495. The van der Waals surface area contributed by atoms with Crippen molar-refractivity contribution in [2.24, 2.45) is 0 Å². The van der Waals surface area contributed by atoms with Crippen molar-refractivity contribution in [3.8, 4) is 5.75 Å². The second kappa shape index (κ2) is 6.54. The van der Waals surface area contributed by atoms with Gasteiger partial charge in [-0.2, -0.15) is 0 Å². The molecule has 3 heteroatoms. The molecular formula is C18H21NOS. The summed E-state index contributed by atoms with van der Waals surface area (Å²) in [7, 11) is 1.97. The van der Waals surface area contributed by atoms with Crippen molar-refractivity contribution in [1.29, 1.82) is 0 Å². The Morgan fingerprint density at radius 2 is 2.10 bits per heavy atom. The van der Waals surface area contributed by atoms with E-state index in [0.29, 0.717) is 5.92 Å². The summed E-state index contributed by atoms with van der Waals surface area (Å²) in [4.78, 5) is 1.41. The number of hydrogen-bond donors (Lipinski definition) is 1. The third-order valence-corrected chi connectivity index (χ3v) is 5.07. The number of benzene rings is 2. The maximum atomic E-state index is 6.13. The molecular weight excluding hydrogens is 278 g/mol. The van der Waals surface area contributed by atoms with E-state index in [1.807, 2.05) is 18.8 Å². The lowest BCUT2D eigenvalue weighted by atomic mass is 10.0. The highest BCUT2D eigenvalue weighted by Gasteiger charge is 2.23. The summed E-state index contributed by atoms with van der Waals surface area (Å²) in [6, 6.07) is 15.1. The zero-order valence-electron chi connectivity index (χ0n) is 12.6. The lowest BCUT2D eigenvalue weighted by Gasteiger charge is -2.16. The second-order valence-electron chi connectivity index (χ2n) is 5.50. The molecule has 1 unspecified atom stereocenters. The van der Waals surface area contributed by atoms with Crippen LogP contribution in [0.3, 0.4) is 0 Å². The van der Waals surface area contributed by atoms with Crippen molar-refractivity contribution in [2.75, 3.05) is 19.4 Å². The van der Waals surface area contributed by atoms with E-state index in [2.05, 4.69) is 54.7 Å². The number of ether oxygens (including phenoxy) is 1. The molecule has 2 aromatic rings. The van der Waals surface area contributed by atoms with E-state index >= 15 is 0 Å². The van der Waals surface area contributed by atoms with Crippen molar-refractivity contribution >= 4 is 11.8 Å². The highest BCUT2D eigenvalue weighted by Crippen LogP contribution is 2.39. The average molecular weight is 299 g/mol. The van der Waals surface area contributed by atoms with Gasteiger partial charge in [-0.1, -0.05) is 35.9 Å². The summed E-state index contributed by atoms with van der Waals surface area (Å²) >= 11 is 1.94. The molecule has 1 heterocycles. The van der Waals surface area contributed by atoms with E-state index in [-0.39, 0.29) is 0 Å². The molecule has 0 spiro atoms. The van der Waals surface area contributed by atoms with Crippen LogP contribution in [-0.2, 0) is 6.54 Å². The largest absolute Gasteiger partial charge is 0.493 e. The van der Waals surface area contributed by atoms with Crippen LogP contribution in [0.2, 0.25) is 0 Å². The maximum absolute atomic E-state index is 6.13. The van der Waals surface area contributed by atoms with Gasteiger partial charge >= 0.3 is 0 Å². The number of aryl methyl sites for hydroxylation is 1. The Kier molecular flexibility index (Phi) is 4.51. The Hall–Kier alpha value is -1.45. The van der Waals surface area contributed by atoms with Crippen LogP contribution in [0.1, 0.15) is 22.6 Å². The van der Waals surface area contributed by atoms with Gasteiger partial charge in [-0.05, 0) is 31.7 Å². The third-order valence-electron chi connectivity index (χ3n) is 3.82. The van der Waals surface area contributed by atoms with Gasteiger partial charge in [0.15, 0.2) is 0 Å². The van der Waals surface area contributed by atoms with Gasteiger partial charge in [0.25, 0.3) is 0 Å². The van der Waals surface area contributed by atoms with E-state index < -0.39 is 0 Å². The first-order valence-corrected chi connectivity index (χ1v) is 8.35. The van der Waals surface area contributed by atoms with Crippen LogP contribution in [0.25, 0.3) is 0 Å². The number of fused-ring (bicyclic) bond motifs is 1. The third kappa shape index (κ3) is 3.25. The van der Waals surface area contributed by atoms with Crippen molar-refractivity contribution < 1.29 is 4.74 Å². The molecule has 21 heavy (non-hydrogen) atoms. The molecule has 0 aliphatic carbocycles. The Balaban J connectivity index is 1.71. The Labute approximate surface area is 130 Å². The number of hydrogen-bond acceptors (Lipinski definition) is 3. The van der Waals surface area contributed by atoms with Crippen molar-refractivity contribution in [2.45, 2.75) is 24.3 Å². The molecule has 0 aromatic heterocycles. The second-order valence-corrected chi connectivity index (χ2v) is 6.56. The van der Waals surface area contributed by atoms with Crippen LogP contribution < -0.4 is 10.1 Å². The molecule has 0 saturated heterocycles. The maximum Gasteiger partial charge on any atom is 0.123 e. The van der Waals surface area contributed by atoms with E-state index in [9.17, 15) is 0 Å². The van der Waals surface area contributed by atoms with Gasteiger partial charge in [0.05, 0.1) is 6.61 Å². The van der Waals surface area contributed by atoms with Crippen LogP contribution in [0.5, 0.6) is 5.75 Å². The molecule has 1 atom stereocenters. The predicted molar refractivity (Wildman–Crippen MR) is 89.3 cm³/mol. The molecule has 1 N–H and O–H groups in total. The topological polar surface area (TPSA) is 21.3 Å². The van der Waals surface area contributed by atoms with Gasteiger partial charge in [0.1, 0.15) is 5.75 Å². The van der Waals surface area contributed by atoms with Crippen molar-refractivity contribution in [3.63, 3.8) is 0 Å². The molecule has 1 aliphatic heterocycles. The van der Waals surface area contributed by atoms with Gasteiger partial charge in [-0.15, -0.1) is 11.8 Å². The van der Waals surface area contributed by atoms with Crippen LogP contribution in [0.4, 0.5) is 0 Å². The zero-order chi connectivity index (χ0) is 14.7.